The third-order valence-electron chi connectivity index (χ3n) is 8.91. The summed E-state index contributed by atoms with van der Waals surface area (Å²) in [6, 6.07) is 22.4. The summed E-state index contributed by atoms with van der Waals surface area (Å²) in [7, 11) is 0. The van der Waals surface area contributed by atoms with E-state index >= 15 is 0 Å². The summed E-state index contributed by atoms with van der Waals surface area (Å²) in [4.78, 5) is 33.8. The smallest absolute Gasteiger partial charge is 0.339 e. The van der Waals surface area contributed by atoms with Crippen LogP contribution in [0.5, 0.6) is 0 Å². The van der Waals surface area contributed by atoms with Crippen molar-refractivity contribution in [1.29, 1.82) is 0 Å². The number of amides is 1. The van der Waals surface area contributed by atoms with E-state index in [0.29, 0.717) is 18.0 Å². The molecule has 224 valence electrons. The fraction of sp³-hybridized carbons (Fsp3) is 0.432. The van der Waals surface area contributed by atoms with E-state index in [1.165, 1.54) is 6.42 Å². The molecule has 1 aromatic heterocycles. The number of hydrogen-bond donors (Lipinski definition) is 0. The molecule has 2 unspecified atom stereocenters. The number of anilines is 1. The number of nitrogens with zero attached hydrogens (tertiary/aromatic N) is 3. The SMILES string of the molecule is CCCCc1nc2cc(N3CC4CCCCC4C3=O)ccc2n1Cc1ccc(-c2ccccc2)c(C(=O)OC(C)(C)C)c1. The molecule has 0 N–H and O–H groups in total. The van der Waals surface area contributed by atoms with Crippen molar-refractivity contribution in [2.24, 2.45) is 11.8 Å². The van der Waals surface area contributed by atoms with Gasteiger partial charge in [0.2, 0.25) is 5.91 Å². The van der Waals surface area contributed by atoms with Crippen LogP contribution in [0.3, 0.4) is 0 Å². The summed E-state index contributed by atoms with van der Waals surface area (Å²) in [5.41, 5.74) is 5.75. The molecule has 1 saturated carbocycles. The average Bonchev–Trinajstić information content (AvgIpc) is 3.52. The zero-order valence-corrected chi connectivity index (χ0v) is 25.9. The summed E-state index contributed by atoms with van der Waals surface area (Å²) in [6.07, 6.45) is 7.55. The second kappa shape index (κ2) is 12.0. The van der Waals surface area contributed by atoms with Gasteiger partial charge in [0.1, 0.15) is 11.4 Å². The lowest BCUT2D eigenvalue weighted by Gasteiger charge is -2.21. The quantitative estimate of drug-likeness (QED) is 0.198. The van der Waals surface area contributed by atoms with Crippen LogP contribution in [-0.4, -0.2) is 33.6 Å². The van der Waals surface area contributed by atoms with Crippen molar-refractivity contribution >= 4 is 28.6 Å². The van der Waals surface area contributed by atoms with Crippen molar-refractivity contribution in [3.63, 3.8) is 0 Å². The Labute approximate surface area is 255 Å². The van der Waals surface area contributed by atoms with E-state index in [-0.39, 0.29) is 17.8 Å². The van der Waals surface area contributed by atoms with Gasteiger partial charge in [-0.25, -0.2) is 9.78 Å². The standard InChI is InChI=1S/C37H43N3O3/c1-5-6-16-34-38-32-22-28(39-24-27-14-10-11-15-30(27)35(39)41)18-20-33(32)40(34)23-25-17-19-29(26-12-8-7-9-13-26)31(21-25)36(42)43-37(2,3)4/h7-9,12-13,17-22,27,30H,5-6,10-11,14-16,23-24H2,1-4H3. The monoisotopic (exact) mass is 577 g/mol. The Kier molecular flexibility index (Phi) is 8.13. The number of unbranched alkanes of at least 4 members (excludes halogenated alkanes) is 1. The van der Waals surface area contributed by atoms with Crippen molar-refractivity contribution in [2.75, 3.05) is 11.4 Å². The number of aromatic nitrogens is 2. The molecule has 2 aliphatic rings. The fourth-order valence-corrected chi connectivity index (χ4v) is 6.79. The Morgan fingerprint density at radius 3 is 2.53 bits per heavy atom. The van der Waals surface area contributed by atoms with Gasteiger partial charge in [0.25, 0.3) is 0 Å². The van der Waals surface area contributed by atoms with Gasteiger partial charge in [-0.05, 0) is 86.9 Å². The van der Waals surface area contributed by atoms with Gasteiger partial charge in [-0.15, -0.1) is 0 Å². The molecule has 1 amide bonds. The highest BCUT2D eigenvalue weighted by molar-refractivity contribution is 5.99. The number of esters is 1. The van der Waals surface area contributed by atoms with Crippen LogP contribution in [-0.2, 0) is 22.5 Å². The molecule has 1 aliphatic carbocycles. The van der Waals surface area contributed by atoms with Crippen LogP contribution in [0.2, 0.25) is 0 Å². The second-order valence-corrected chi connectivity index (χ2v) is 13.2. The summed E-state index contributed by atoms with van der Waals surface area (Å²) >= 11 is 0. The highest BCUT2D eigenvalue weighted by Crippen LogP contribution is 2.40. The summed E-state index contributed by atoms with van der Waals surface area (Å²) < 4.78 is 8.11. The lowest BCUT2D eigenvalue weighted by molar-refractivity contribution is -0.121. The largest absolute Gasteiger partial charge is 0.456 e. The number of hydrogen-bond acceptors (Lipinski definition) is 4. The molecule has 1 saturated heterocycles. The van der Waals surface area contributed by atoms with E-state index in [1.54, 1.807) is 0 Å². The molecule has 3 aromatic carbocycles. The van der Waals surface area contributed by atoms with Crippen molar-refractivity contribution in [2.45, 2.75) is 84.8 Å². The Bertz CT molecular complexity index is 1630. The Balaban J connectivity index is 1.36. The molecule has 6 rings (SSSR count). The van der Waals surface area contributed by atoms with Gasteiger partial charge in [0.15, 0.2) is 0 Å². The van der Waals surface area contributed by atoms with Gasteiger partial charge >= 0.3 is 5.97 Å². The molecule has 0 spiro atoms. The number of imidazole rings is 1. The van der Waals surface area contributed by atoms with Crippen LogP contribution < -0.4 is 4.90 Å². The van der Waals surface area contributed by atoms with Gasteiger partial charge in [0.05, 0.1) is 16.6 Å². The zero-order chi connectivity index (χ0) is 30.1. The van der Waals surface area contributed by atoms with E-state index in [9.17, 15) is 9.59 Å². The number of benzene rings is 3. The maximum atomic E-state index is 13.4. The maximum Gasteiger partial charge on any atom is 0.339 e. The van der Waals surface area contributed by atoms with E-state index in [1.807, 2.05) is 68.1 Å². The van der Waals surface area contributed by atoms with Crippen LogP contribution >= 0.6 is 0 Å². The third-order valence-corrected chi connectivity index (χ3v) is 8.91. The minimum absolute atomic E-state index is 0.181. The number of rotatable bonds is 8. The molecule has 2 atom stereocenters. The lowest BCUT2D eigenvalue weighted by Crippen LogP contribution is -2.27. The predicted octanol–water partition coefficient (Wildman–Crippen LogP) is 8.20. The van der Waals surface area contributed by atoms with Crippen LogP contribution in [0.15, 0.2) is 66.7 Å². The molecule has 0 radical (unpaired) electrons. The highest BCUT2D eigenvalue weighted by Gasteiger charge is 2.42. The number of carbonyl (C=O) groups excluding carboxylic acids is 2. The van der Waals surface area contributed by atoms with E-state index in [4.69, 9.17) is 9.72 Å². The van der Waals surface area contributed by atoms with Crippen LogP contribution in [0.25, 0.3) is 22.2 Å². The minimum Gasteiger partial charge on any atom is -0.456 e. The molecule has 6 heteroatoms. The Morgan fingerprint density at radius 2 is 1.79 bits per heavy atom. The predicted molar refractivity (Wildman–Crippen MR) is 172 cm³/mol. The van der Waals surface area contributed by atoms with Crippen molar-refractivity contribution in [3.05, 3.63) is 83.7 Å². The summed E-state index contributed by atoms with van der Waals surface area (Å²) in [5, 5.41) is 0. The van der Waals surface area contributed by atoms with Gasteiger partial charge in [0, 0.05) is 31.1 Å². The summed E-state index contributed by atoms with van der Waals surface area (Å²) in [6.45, 7) is 9.29. The van der Waals surface area contributed by atoms with Crippen LogP contribution in [0.1, 0.15) is 88.0 Å². The zero-order valence-electron chi connectivity index (χ0n) is 25.9. The molecule has 0 bridgehead atoms. The maximum absolute atomic E-state index is 13.4. The first-order valence-corrected chi connectivity index (χ1v) is 15.9. The second-order valence-electron chi connectivity index (χ2n) is 13.2. The van der Waals surface area contributed by atoms with E-state index in [0.717, 1.165) is 84.3 Å². The van der Waals surface area contributed by atoms with Crippen molar-refractivity contribution < 1.29 is 14.3 Å². The topological polar surface area (TPSA) is 64.4 Å². The van der Waals surface area contributed by atoms with Gasteiger partial charge < -0.3 is 14.2 Å². The fourth-order valence-electron chi connectivity index (χ4n) is 6.79. The molecule has 2 fully saturated rings. The van der Waals surface area contributed by atoms with Gasteiger partial charge in [-0.3, -0.25) is 4.79 Å². The first-order valence-electron chi connectivity index (χ1n) is 15.9. The van der Waals surface area contributed by atoms with Gasteiger partial charge in [-0.2, -0.15) is 0 Å². The Hall–Kier alpha value is -3.93. The number of aryl methyl sites for hydroxylation is 1. The number of carbonyl (C=O) groups is 2. The lowest BCUT2D eigenvalue weighted by atomic mass is 9.81. The van der Waals surface area contributed by atoms with E-state index < -0.39 is 5.60 Å². The molecule has 4 aromatic rings. The Morgan fingerprint density at radius 1 is 1.00 bits per heavy atom. The van der Waals surface area contributed by atoms with Gasteiger partial charge in [-0.1, -0.05) is 68.7 Å². The molecular formula is C37H43N3O3. The van der Waals surface area contributed by atoms with Crippen LogP contribution in [0.4, 0.5) is 5.69 Å². The first-order chi connectivity index (χ1) is 20.7. The van der Waals surface area contributed by atoms with Crippen molar-refractivity contribution in [3.8, 4) is 11.1 Å². The molecule has 1 aliphatic heterocycles. The number of fused-ring (bicyclic) bond motifs is 2. The highest BCUT2D eigenvalue weighted by atomic mass is 16.6. The molecular weight excluding hydrogens is 534 g/mol. The summed E-state index contributed by atoms with van der Waals surface area (Å²) in [5.74, 6) is 1.65. The molecule has 43 heavy (non-hydrogen) atoms. The van der Waals surface area contributed by atoms with Crippen LogP contribution in [0, 0.1) is 11.8 Å². The van der Waals surface area contributed by atoms with E-state index in [2.05, 4.69) is 35.8 Å². The first kappa shape index (κ1) is 29.2. The minimum atomic E-state index is -0.596. The normalized spacial score (nSPS) is 18.7. The molecule has 2 heterocycles. The molecule has 6 nitrogen and oxygen atoms in total. The number of ether oxygens (including phenoxy) is 1. The van der Waals surface area contributed by atoms with Crippen molar-refractivity contribution in [1.82, 2.24) is 9.55 Å². The average molecular weight is 578 g/mol. The third kappa shape index (κ3) is 6.11.